The van der Waals surface area contributed by atoms with Crippen molar-refractivity contribution < 1.29 is 14.7 Å². The highest BCUT2D eigenvalue weighted by atomic mass is 32.2. The fourth-order valence-corrected chi connectivity index (χ4v) is 2.63. The number of hydrogen-bond acceptors (Lipinski definition) is 3. The van der Waals surface area contributed by atoms with Crippen molar-refractivity contribution in [1.82, 2.24) is 0 Å². The van der Waals surface area contributed by atoms with Crippen molar-refractivity contribution in [2.45, 2.75) is 12.8 Å². The normalized spacial score (nSPS) is 17.6. The summed E-state index contributed by atoms with van der Waals surface area (Å²) in [5, 5.41) is 8.64. The molecule has 1 heterocycles. The van der Waals surface area contributed by atoms with Crippen molar-refractivity contribution in [3.63, 3.8) is 0 Å². The first-order chi connectivity index (χ1) is 8.15. The van der Waals surface area contributed by atoms with Gasteiger partial charge in [-0.15, -0.1) is 11.8 Å². The molecule has 0 atom stereocenters. The molecule has 2 rings (SSSR count). The second-order valence-corrected chi connectivity index (χ2v) is 4.98. The minimum Gasteiger partial charge on any atom is -0.481 e. The maximum Gasteiger partial charge on any atom is 0.307 e. The van der Waals surface area contributed by atoms with Gasteiger partial charge in [-0.2, -0.15) is 0 Å². The van der Waals surface area contributed by atoms with E-state index in [1.165, 1.54) is 0 Å². The Morgan fingerprint density at radius 3 is 2.59 bits per heavy atom. The van der Waals surface area contributed by atoms with Gasteiger partial charge in [0.05, 0.1) is 11.3 Å². The third-order valence-electron chi connectivity index (χ3n) is 2.49. The second kappa shape index (κ2) is 5.19. The molecule has 0 spiro atoms. The van der Waals surface area contributed by atoms with Crippen LogP contribution in [0.15, 0.2) is 29.2 Å². The molecule has 1 aromatic rings. The van der Waals surface area contributed by atoms with Gasteiger partial charge >= 0.3 is 5.97 Å². The van der Waals surface area contributed by atoms with Gasteiger partial charge in [-0.05, 0) is 17.2 Å². The predicted octanol–water partition coefficient (Wildman–Crippen LogP) is 2.36. The number of carbonyl (C=O) groups excluding carboxylic acids is 1. The Morgan fingerprint density at radius 2 is 2.06 bits per heavy atom. The van der Waals surface area contributed by atoms with Gasteiger partial charge < -0.3 is 5.11 Å². The molecule has 0 aliphatic carbocycles. The topological polar surface area (TPSA) is 54.4 Å². The van der Waals surface area contributed by atoms with Gasteiger partial charge in [-0.3, -0.25) is 9.59 Å². The number of allylic oxidation sites excluding steroid dienone is 1. The SMILES string of the molecule is O=C(O)Cc1ccc(/C=C2\SCCC2=O)cc1. The van der Waals surface area contributed by atoms with Crippen molar-refractivity contribution in [3.8, 4) is 0 Å². The Hall–Kier alpha value is -1.55. The zero-order valence-corrected chi connectivity index (χ0v) is 10.00. The van der Waals surface area contributed by atoms with Gasteiger partial charge in [0, 0.05) is 12.2 Å². The molecule has 1 aromatic carbocycles. The zero-order chi connectivity index (χ0) is 12.3. The molecule has 1 aliphatic rings. The van der Waals surface area contributed by atoms with E-state index < -0.39 is 5.97 Å². The molecule has 0 amide bonds. The summed E-state index contributed by atoms with van der Waals surface area (Å²) >= 11 is 1.58. The summed E-state index contributed by atoms with van der Waals surface area (Å²) in [6, 6.07) is 7.25. The van der Waals surface area contributed by atoms with Crippen molar-refractivity contribution in [1.29, 1.82) is 0 Å². The van der Waals surface area contributed by atoms with Crippen LogP contribution in [0.1, 0.15) is 17.5 Å². The summed E-state index contributed by atoms with van der Waals surface area (Å²) in [5.41, 5.74) is 1.71. The molecule has 3 nitrogen and oxygen atoms in total. The lowest BCUT2D eigenvalue weighted by Crippen LogP contribution is -1.99. The Balaban J connectivity index is 2.13. The van der Waals surface area contributed by atoms with Gasteiger partial charge in [0.2, 0.25) is 0 Å². The van der Waals surface area contributed by atoms with Crippen LogP contribution in [0.25, 0.3) is 6.08 Å². The third-order valence-corrected chi connectivity index (χ3v) is 3.56. The van der Waals surface area contributed by atoms with Crippen LogP contribution in [0.2, 0.25) is 0 Å². The maximum absolute atomic E-state index is 11.4. The molecule has 0 bridgehead atoms. The van der Waals surface area contributed by atoms with Gasteiger partial charge in [0.1, 0.15) is 0 Å². The van der Waals surface area contributed by atoms with Crippen molar-refractivity contribution in [3.05, 3.63) is 40.3 Å². The van der Waals surface area contributed by atoms with Crippen molar-refractivity contribution in [2.75, 3.05) is 5.75 Å². The minimum atomic E-state index is -0.836. The van der Waals surface area contributed by atoms with Crippen LogP contribution in [0.4, 0.5) is 0 Å². The lowest BCUT2D eigenvalue weighted by atomic mass is 10.1. The highest BCUT2D eigenvalue weighted by Crippen LogP contribution is 2.28. The molecular weight excluding hydrogens is 236 g/mol. The largest absolute Gasteiger partial charge is 0.481 e. The van der Waals surface area contributed by atoms with E-state index in [0.717, 1.165) is 21.8 Å². The highest BCUT2D eigenvalue weighted by molar-refractivity contribution is 8.04. The van der Waals surface area contributed by atoms with Crippen LogP contribution < -0.4 is 0 Å². The lowest BCUT2D eigenvalue weighted by Gasteiger charge is -1.99. The first-order valence-electron chi connectivity index (χ1n) is 5.33. The van der Waals surface area contributed by atoms with Crippen LogP contribution in [0.5, 0.6) is 0 Å². The first-order valence-corrected chi connectivity index (χ1v) is 6.32. The van der Waals surface area contributed by atoms with E-state index in [4.69, 9.17) is 5.11 Å². The lowest BCUT2D eigenvalue weighted by molar-refractivity contribution is -0.136. The quantitative estimate of drug-likeness (QED) is 0.834. The van der Waals surface area contributed by atoms with E-state index in [1.54, 1.807) is 23.9 Å². The standard InChI is InChI=1S/C13H12O3S/c14-11-5-6-17-12(11)7-9-1-3-10(4-2-9)8-13(15)16/h1-4,7H,5-6,8H2,(H,15,16)/b12-7-. The van der Waals surface area contributed by atoms with Crippen molar-refractivity contribution >= 4 is 29.6 Å². The average Bonchev–Trinajstić information content (AvgIpc) is 2.67. The van der Waals surface area contributed by atoms with E-state index in [1.807, 2.05) is 18.2 Å². The number of carboxylic acid groups (broad SMARTS) is 1. The number of rotatable bonds is 3. The molecule has 0 saturated carbocycles. The average molecular weight is 248 g/mol. The molecular formula is C13H12O3S. The molecule has 0 unspecified atom stereocenters. The molecule has 17 heavy (non-hydrogen) atoms. The zero-order valence-electron chi connectivity index (χ0n) is 9.18. The predicted molar refractivity (Wildman–Crippen MR) is 67.8 cm³/mol. The molecule has 0 radical (unpaired) electrons. The summed E-state index contributed by atoms with van der Waals surface area (Å²) in [4.78, 5) is 22.7. The minimum absolute atomic E-state index is 0.0323. The number of aliphatic carboxylic acids is 1. The van der Waals surface area contributed by atoms with Gasteiger partial charge in [-0.1, -0.05) is 24.3 Å². The Kier molecular flexibility index (Phi) is 3.64. The van der Waals surface area contributed by atoms with Crippen LogP contribution in [-0.2, 0) is 16.0 Å². The number of carboxylic acids is 1. The van der Waals surface area contributed by atoms with Gasteiger partial charge in [0.15, 0.2) is 5.78 Å². The molecule has 1 fully saturated rings. The fourth-order valence-electron chi connectivity index (χ4n) is 1.64. The molecule has 1 saturated heterocycles. The number of hydrogen-bond donors (Lipinski definition) is 1. The second-order valence-electron chi connectivity index (χ2n) is 3.84. The fraction of sp³-hybridized carbons (Fsp3) is 0.231. The van der Waals surface area contributed by atoms with E-state index >= 15 is 0 Å². The Labute approximate surface area is 104 Å². The number of Topliss-reactive ketones (excluding diaryl/α,β-unsaturated/α-hetero) is 1. The smallest absolute Gasteiger partial charge is 0.307 e. The summed E-state index contributed by atoms with van der Waals surface area (Å²) in [7, 11) is 0. The summed E-state index contributed by atoms with van der Waals surface area (Å²) in [6.07, 6.45) is 2.52. The van der Waals surface area contributed by atoms with Crippen LogP contribution in [0.3, 0.4) is 0 Å². The number of benzene rings is 1. The number of thioether (sulfide) groups is 1. The van der Waals surface area contributed by atoms with Crippen LogP contribution in [0, 0.1) is 0 Å². The highest BCUT2D eigenvalue weighted by Gasteiger charge is 2.17. The number of carbonyl (C=O) groups is 2. The van der Waals surface area contributed by atoms with E-state index in [0.29, 0.717) is 6.42 Å². The summed E-state index contributed by atoms with van der Waals surface area (Å²) < 4.78 is 0. The summed E-state index contributed by atoms with van der Waals surface area (Å²) in [6.45, 7) is 0. The molecule has 4 heteroatoms. The van der Waals surface area contributed by atoms with E-state index in [9.17, 15) is 9.59 Å². The first kappa shape index (κ1) is 11.9. The Bertz CT molecular complexity index is 474. The molecule has 88 valence electrons. The molecule has 0 aromatic heterocycles. The third kappa shape index (κ3) is 3.20. The van der Waals surface area contributed by atoms with Gasteiger partial charge in [0.25, 0.3) is 0 Å². The maximum atomic E-state index is 11.4. The van der Waals surface area contributed by atoms with Crippen molar-refractivity contribution in [2.24, 2.45) is 0 Å². The molecule has 1 aliphatic heterocycles. The summed E-state index contributed by atoms with van der Waals surface area (Å²) in [5.74, 6) is 0.226. The van der Waals surface area contributed by atoms with Crippen LogP contribution in [-0.4, -0.2) is 22.6 Å². The van der Waals surface area contributed by atoms with Gasteiger partial charge in [-0.25, -0.2) is 0 Å². The van der Waals surface area contributed by atoms with E-state index in [-0.39, 0.29) is 12.2 Å². The van der Waals surface area contributed by atoms with E-state index in [2.05, 4.69) is 0 Å². The Morgan fingerprint density at radius 1 is 1.35 bits per heavy atom. The molecule has 1 N–H and O–H groups in total. The number of ketones is 1. The van der Waals surface area contributed by atoms with Crippen LogP contribution >= 0.6 is 11.8 Å². The monoisotopic (exact) mass is 248 g/mol.